The maximum Gasteiger partial charge on any atom is 0.245 e. The molecule has 0 aromatic heterocycles. The molecule has 0 heterocycles. The summed E-state index contributed by atoms with van der Waals surface area (Å²) in [4.78, 5) is 0. The molecule has 1 unspecified atom stereocenters. The molecule has 1 rings (SSSR count). The molecular weight excluding hydrogens is 146 g/mol. The van der Waals surface area contributed by atoms with Gasteiger partial charge < -0.3 is 0 Å². The molecule has 1 atom stereocenters. The van der Waals surface area contributed by atoms with Gasteiger partial charge in [-0.3, -0.25) is 0 Å². The van der Waals surface area contributed by atoms with Crippen LogP contribution < -0.4 is 0 Å². The van der Waals surface area contributed by atoms with Crippen molar-refractivity contribution in [1.82, 2.24) is 0 Å². The second kappa shape index (κ2) is 3.65. The predicted octanol–water partition coefficient (Wildman–Crippen LogP) is 3.16. The fourth-order valence-corrected chi connectivity index (χ4v) is 1.12. The first kappa shape index (κ1) is 8.44. The molecule has 62 valence electrons. The molecule has 0 radical (unpaired) electrons. The molecule has 0 saturated heterocycles. The van der Waals surface area contributed by atoms with Crippen molar-refractivity contribution in [2.45, 2.75) is 26.2 Å². The van der Waals surface area contributed by atoms with Crippen molar-refractivity contribution in [3.05, 3.63) is 23.8 Å². The van der Waals surface area contributed by atoms with E-state index in [0.717, 1.165) is 18.4 Å². The van der Waals surface area contributed by atoms with Crippen LogP contribution in [0.25, 0.3) is 0 Å². The van der Waals surface area contributed by atoms with Gasteiger partial charge in [-0.15, -0.1) is 0 Å². The first-order valence-electron chi connectivity index (χ1n) is 3.86. The van der Waals surface area contributed by atoms with Crippen LogP contribution in [0.3, 0.4) is 0 Å². The van der Waals surface area contributed by atoms with Crippen LogP contribution in [0.1, 0.15) is 19.8 Å². The third-order valence-electron chi connectivity index (χ3n) is 1.93. The highest BCUT2D eigenvalue weighted by Crippen LogP contribution is 2.23. The molecule has 1 aliphatic carbocycles. The minimum absolute atomic E-state index is 0.605. The topological polar surface area (TPSA) is 0 Å². The van der Waals surface area contributed by atoms with Gasteiger partial charge in [-0.05, 0) is 18.4 Å². The Morgan fingerprint density at radius 3 is 2.55 bits per heavy atom. The molecule has 1 aliphatic rings. The summed E-state index contributed by atoms with van der Waals surface area (Å²) >= 11 is 0. The summed E-state index contributed by atoms with van der Waals surface area (Å²) in [6.45, 7) is 1.56. The maximum absolute atomic E-state index is 12.1. The Hall–Kier alpha value is -0.660. The van der Waals surface area contributed by atoms with Crippen molar-refractivity contribution >= 4 is 0 Å². The van der Waals surface area contributed by atoms with Gasteiger partial charge >= 0.3 is 0 Å². The SMILES string of the molecule is CC(C1=CCCC=C1)C(F)F. The summed E-state index contributed by atoms with van der Waals surface area (Å²) < 4.78 is 24.3. The molecule has 0 saturated carbocycles. The number of halogens is 2. The van der Waals surface area contributed by atoms with Crippen LogP contribution in [0.4, 0.5) is 8.78 Å². The highest BCUT2D eigenvalue weighted by atomic mass is 19.3. The summed E-state index contributed by atoms with van der Waals surface area (Å²) in [6.07, 6.45) is 5.32. The van der Waals surface area contributed by atoms with Gasteiger partial charge in [0.15, 0.2) is 0 Å². The number of hydrogen-bond acceptors (Lipinski definition) is 0. The monoisotopic (exact) mass is 158 g/mol. The van der Waals surface area contributed by atoms with E-state index in [1.165, 1.54) is 0 Å². The van der Waals surface area contributed by atoms with E-state index in [2.05, 4.69) is 0 Å². The normalized spacial score (nSPS) is 20.2. The summed E-state index contributed by atoms with van der Waals surface area (Å²) in [7, 11) is 0. The van der Waals surface area contributed by atoms with Crippen molar-refractivity contribution in [3.63, 3.8) is 0 Å². The van der Waals surface area contributed by atoms with Crippen molar-refractivity contribution < 1.29 is 8.78 Å². The molecule has 0 spiro atoms. The highest BCUT2D eigenvalue weighted by Gasteiger charge is 2.17. The Kier molecular flexibility index (Phi) is 2.80. The molecule has 0 aliphatic heterocycles. The van der Waals surface area contributed by atoms with Crippen LogP contribution in [0.15, 0.2) is 23.8 Å². The van der Waals surface area contributed by atoms with Crippen molar-refractivity contribution in [3.8, 4) is 0 Å². The van der Waals surface area contributed by atoms with Gasteiger partial charge in [-0.2, -0.15) is 0 Å². The van der Waals surface area contributed by atoms with Gasteiger partial charge in [0.05, 0.1) is 0 Å². The van der Waals surface area contributed by atoms with E-state index >= 15 is 0 Å². The van der Waals surface area contributed by atoms with Crippen LogP contribution in [-0.4, -0.2) is 6.43 Å². The predicted molar refractivity (Wildman–Crippen MR) is 41.6 cm³/mol. The molecule has 0 nitrogen and oxygen atoms in total. The Bertz CT molecular complexity index is 180. The Morgan fingerprint density at radius 1 is 1.36 bits per heavy atom. The quantitative estimate of drug-likeness (QED) is 0.579. The smallest absolute Gasteiger partial charge is 0.210 e. The lowest BCUT2D eigenvalue weighted by Gasteiger charge is -2.13. The van der Waals surface area contributed by atoms with Gasteiger partial charge in [0.25, 0.3) is 0 Å². The molecule has 0 N–H and O–H groups in total. The van der Waals surface area contributed by atoms with Gasteiger partial charge in [-0.25, -0.2) is 8.78 Å². The van der Waals surface area contributed by atoms with Gasteiger partial charge in [0.2, 0.25) is 6.43 Å². The van der Waals surface area contributed by atoms with E-state index in [0.29, 0.717) is 0 Å². The summed E-state index contributed by atoms with van der Waals surface area (Å²) in [5.74, 6) is -0.605. The zero-order valence-corrected chi connectivity index (χ0v) is 6.56. The van der Waals surface area contributed by atoms with Crippen molar-refractivity contribution in [2.24, 2.45) is 5.92 Å². The molecule has 11 heavy (non-hydrogen) atoms. The van der Waals surface area contributed by atoms with Crippen LogP contribution in [0.2, 0.25) is 0 Å². The van der Waals surface area contributed by atoms with Crippen LogP contribution in [0, 0.1) is 5.92 Å². The second-order valence-corrected chi connectivity index (χ2v) is 2.81. The van der Waals surface area contributed by atoms with Crippen molar-refractivity contribution in [2.75, 3.05) is 0 Å². The van der Waals surface area contributed by atoms with Crippen LogP contribution in [-0.2, 0) is 0 Å². The van der Waals surface area contributed by atoms with E-state index in [9.17, 15) is 8.78 Å². The third-order valence-corrected chi connectivity index (χ3v) is 1.93. The fourth-order valence-electron chi connectivity index (χ4n) is 1.12. The number of allylic oxidation sites excluding steroid dienone is 4. The number of rotatable bonds is 2. The molecule has 0 aromatic rings. The summed E-state index contributed by atoms with van der Waals surface area (Å²) in [6, 6.07) is 0. The third kappa shape index (κ3) is 2.14. The molecule has 2 heteroatoms. The molecule has 0 aromatic carbocycles. The van der Waals surface area contributed by atoms with E-state index in [1.54, 1.807) is 13.0 Å². The standard InChI is InChI=1S/C9H12F2/c1-7(9(10)11)8-5-3-2-4-6-8/h3,5-7,9H,2,4H2,1H3. The van der Waals surface area contributed by atoms with Gasteiger partial charge in [0.1, 0.15) is 0 Å². The Balaban J connectivity index is 2.59. The molecule has 0 bridgehead atoms. The van der Waals surface area contributed by atoms with Crippen LogP contribution >= 0.6 is 0 Å². The lowest BCUT2D eigenvalue weighted by atomic mass is 9.96. The van der Waals surface area contributed by atoms with Gasteiger partial charge in [0, 0.05) is 5.92 Å². The lowest BCUT2D eigenvalue weighted by molar-refractivity contribution is 0.105. The van der Waals surface area contributed by atoms with Crippen LogP contribution in [0.5, 0.6) is 0 Å². The minimum atomic E-state index is -2.23. The summed E-state index contributed by atoms with van der Waals surface area (Å²) in [5, 5.41) is 0. The first-order chi connectivity index (χ1) is 5.22. The summed E-state index contributed by atoms with van der Waals surface area (Å²) in [5.41, 5.74) is 0.784. The zero-order valence-electron chi connectivity index (χ0n) is 6.56. The van der Waals surface area contributed by atoms with Crippen molar-refractivity contribution in [1.29, 1.82) is 0 Å². The first-order valence-corrected chi connectivity index (χ1v) is 3.86. The zero-order chi connectivity index (χ0) is 8.27. The second-order valence-electron chi connectivity index (χ2n) is 2.81. The number of alkyl halides is 2. The Labute approximate surface area is 65.6 Å². The maximum atomic E-state index is 12.1. The largest absolute Gasteiger partial charge is 0.245 e. The number of hydrogen-bond donors (Lipinski definition) is 0. The van der Waals surface area contributed by atoms with E-state index in [-0.39, 0.29) is 0 Å². The van der Waals surface area contributed by atoms with Gasteiger partial charge in [-0.1, -0.05) is 25.2 Å². The Morgan fingerprint density at radius 2 is 2.09 bits per heavy atom. The average Bonchev–Trinajstić information content (AvgIpc) is 2.05. The highest BCUT2D eigenvalue weighted by molar-refractivity contribution is 5.24. The fraction of sp³-hybridized carbons (Fsp3) is 0.556. The molecule has 0 fully saturated rings. The lowest BCUT2D eigenvalue weighted by Crippen LogP contribution is -2.09. The minimum Gasteiger partial charge on any atom is -0.210 e. The van der Waals surface area contributed by atoms with E-state index in [1.807, 2.05) is 12.2 Å². The molecular formula is C9H12F2. The van der Waals surface area contributed by atoms with E-state index in [4.69, 9.17) is 0 Å². The average molecular weight is 158 g/mol. The van der Waals surface area contributed by atoms with E-state index < -0.39 is 12.3 Å². The molecule has 0 amide bonds.